The number of carboxylic acid groups (broad SMARTS) is 1. The topological polar surface area (TPSA) is 85.9 Å². The summed E-state index contributed by atoms with van der Waals surface area (Å²) in [7, 11) is 0. The number of piperazine rings is 1. The van der Waals surface area contributed by atoms with E-state index in [4.69, 9.17) is 4.74 Å². The number of aromatic amines is 1. The first-order valence-corrected chi connectivity index (χ1v) is 8.48. The number of carbonyl (C=O) groups excluding carboxylic acids is 1. The molecule has 0 unspecified atom stereocenters. The normalized spacial score (nSPS) is 16.8. The van der Waals surface area contributed by atoms with Gasteiger partial charge in [0.05, 0.1) is 6.61 Å². The Morgan fingerprint density at radius 1 is 1.24 bits per heavy atom. The SMILES string of the molecule is CCOC(=O)N1CCN([C@@H](C(=O)O)c2c(C)[nH]c3ccccc23)CC1. The minimum Gasteiger partial charge on any atom is -0.480 e. The lowest BCUT2D eigenvalue weighted by Crippen LogP contribution is -2.51. The molecule has 7 nitrogen and oxygen atoms in total. The van der Waals surface area contributed by atoms with Crippen LogP contribution in [0.5, 0.6) is 0 Å². The molecule has 2 N–H and O–H groups in total. The lowest BCUT2D eigenvalue weighted by atomic mass is 10.0. The minimum atomic E-state index is -0.877. The molecule has 7 heteroatoms. The van der Waals surface area contributed by atoms with Crippen LogP contribution in [0, 0.1) is 6.92 Å². The number of H-pyrrole nitrogens is 1. The van der Waals surface area contributed by atoms with Crippen molar-refractivity contribution in [2.45, 2.75) is 19.9 Å². The fourth-order valence-corrected chi connectivity index (χ4v) is 3.49. The zero-order valence-electron chi connectivity index (χ0n) is 14.5. The van der Waals surface area contributed by atoms with E-state index in [9.17, 15) is 14.7 Å². The zero-order valence-corrected chi connectivity index (χ0v) is 14.5. The van der Waals surface area contributed by atoms with Gasteiger partial charge in [-0.1, -0.05) is 18.2 Å². The van der Waals surface area contributed by atoms with Gasteiger partial charge >= 0.3 is 12.1 Å². The second kappa shape index (κ2) is 7.14. The Morgan fingerprint density at radius 3 is 2.56 bits per heavy atom. The van der Waals surface area contributed by atoms with Crippen LogP contribution in [0.1, 0.15) is 24.2 Å². The molecule has 1 aliphatic heterocycles. The molecular weight excluding hydrogens is 322 g/mol. The average molecular weight is 345 g/mol. The number of hydrogen-bond acceptors (Lipinski definition) is 4. The number of rotatable bonds is 4. The number of aromatic nitrogens is 1. The number of fused-ring (bicyclic) bond motifs is 1. The summed E-state index contributed by atoms with van der Waals surface area (Å²) in [5.41, 5.74) is 2.60. The fraction of sp³-hybridized carbons (Fsp3) is 0.444. The summed E-state index contributed by atoms with van der Waals surface area (Å²) in [6.07, 6.45) is -0.336. The first kappa shape index (κ1) is 17.3. The maximum Gasteiger partial charge on any atom is 0.409 e. The Morgan fingerprint density at radius 2 is 1.92 bits per heavy atom. The van der Waals surface area contributed by atoms with Crippen LogP contribution >= 0.6 is 0 Å². The summed E-state index contributed by atoms with van der Waals surface area (Å²) in [4.78, 5) is 30.7. The van der Waals surface area contributed by atoms with Gasteiger partial charge in [0.15, 0.2) is 0 Å². The molecule has 1 atom stereocenters. The molecule has 0 radical (unpaired) electrons. The molecule has 1 saturated heterocycles. The highest BCUT2D eigenvalue weighted by atomic mass is 16.6. The van der Waals surface area contributed by atoms with Crippen LogP contribution in [0.2, 0.25) is 0 Å². The molecule has 1 aromatic heterocycles. The predicted molar refractivity (Wildman–Crippen MR) is 93.6 cm³/mol. The van der Waals surface area contributed by atoms with E-state index in [0.717, 1.165) is 22.2 Å². The zero-order chi connectivity index (χ0) is 18.0. The highest BCUT2D eigenvalue weighted by Crippen LogP contribution is 2.32. The first-order valence-electron chi connectivity index (χ1n) is 8.48. The molecule has 1 amide bonds. The molecular formula is C18H23N3O4. The molecule has 0 aliphatic carbocycles. The summed E-state index contributed by atoms with van der Waals surface area (Å²) in [6.45, 7) is 5.93. The predicted octanol–water partition coefficient (Wildman–Crippen LogP) is 2.38. The molecule has 0 bridgehead atoms. The summed E-state index contributed by atoms with van der Waals surface area (Å²) in [5.74, 6) is -0.877. The van der Waals surface area contributed by atoms with Crippen molar-refractivity contribution in [1.82, 2.24) is 14.8 Å². The highest BCUT2D eigenvalue weighted by molar-refractivity contribution is 5.90. The van der Waals surface area contributed by atoms with Crippen molar-refractivity contribution in [3.8, 4) is 0 Å². The van der Waals surface area contributed by atoms with Gasteiger partial charge in [-0.05, 0) is 19.9 Å². The van der Waals surface area contributed by atoms with Gasteiger partial charge in [-0.2, -0.15) is 0 Å². The first-order chi connectivity index (χ1) is 12.0. The Kier molecular flexibility index (Phi) is 4.94. The van der Waals surface area contributed by atoms with Crippen LogP contribution < -0.4 is 0 Å². The van der Waals surface area contributed by atoms with E-state index in [2.05, 4.69) is 4.98 Å². The van der Waals surface area contributed by atoms with Gasteiger partial charge in [-0.15, -0.1) is 0 Å². The van der Waals surface area contributed by atoms with Crippen molar-refractivity contribution in [1.29, 1.82) is 0 Å². The quantitative estimate of drug-likeness (QED) is 0.888. The molecule has 0 saturated carbocycles. The van der Waals surface area contributed by atoms with Crippen molar-refractivity contribution in [2.75, 3.05) is 32.8 Å². The van der Waals surface area contributed by atoms with E-state index < -0.39 is 12.0 Å². The number of nitrogens with one attached hydrogen (secondary N) is 1. The summed E-state index contributed by atoms with van der Waals surface area (Å²) >= 11 is 0. The molecule has 1 fully saturated rings. The molecule has 2 heterocycles. The van der Waals surface area contributed by atoms with Gasteiger partial charge in [0.2, 0.25) is 0 Å². The number of carbonyl (C=O) groups is 2. The fourth-order valence-electron chi connectivity index (χ4n) is 3.49. The van der Waals surface area contributed by atoms with Crippen LogP contribution in [-0.4, -0.2) is 64.7 Å². The molecule has 25 heavy (non-hydrogen) atoms. The summed E-state index contributed by atoms with van der Waals surface area (Å²) in [5, 5.41) is 10.8. The van der Waals surface area contributed by atoms with E-state index in [-0.39, 0.29) is 6.09 Å². The number of carboxylic acids is 1. The lowest BCUT2D eigenvalue weighted by molar-refractivity contribution is -0.144. The van der Waals surface area contributed by atoms with E-state index in [1.165, 1.54) is 0 Å². The number of aryl methyl sites for hydroxylation is 1. The minimum absolute atomic E-state index is 0.336. The second-order valence-electron chi connectivity index (χ2n) is 6.17. The standard InChI is InChI=1S/C18H23N3O4/c1-3-25-18(24)21-10-8-20(9-11-21)16(17(22)23)15-12(2)19-14-7-5-4-6-13(14)15/h4-7,16,19H,3,8-11H2,1-2H3,(H,22,23)/t16-/m1/s1. The number of amides is 1. The smallest absolute Gasteiger partial charge is 0.409 e. The number of para-hydroxylation sites is 1. The number of ether oxygens (including phenoxy) is 1. The molecule has 2 aromatic rings. The highest BCUT2D eigenvalue weighted by Gasteiger charge is 2.34. The third kappa shape index (κ3) is 3.32. The largest absolute Gasteiger partial charge is 0.480 e. The van der Waals surface area contributed by atoms with Crippen molar-refractivity contribution < 1.29 is 19.4 Å². The van der Waals surface area contributed by atoms with E-state index in [1.807, 2.05) is 36.1 Å². The Bertz CT molecular complexity index is 778. The third-order valence-corrected chi connectivity index (χ3v) is 4.66. The van der Waals surface area contributed by atoms with Crippen molar-refractivity contribution in [3.05, 3.63) is 35.5 Å². The number of nitrogens with zero attached hydrogens (tertiary/aromatic N) is 2. The lowest BCUT2D eigenvalue weighted by Gasteiger charge is -2.37. The maximum absolute atomic E-state index is 12.1. The summed E-state index contributed by atoms with van der Waals surface area (Å²) < 4.78 is 5.02. The third-order valence-electron chi connectivity index (χ3n) is 4.66. The molecule has 134 valence electrons. The molecule has 0 spiro atoms. The number of hydrogen-bond donors (Lipinski definition) is 2. The van der Waals surface area contributed by atoms with Gasteiger partial charge in [0, 0.05) is 48.3 Å². The monoisotopic (exact) mass is 345 g/mol. The van der Waals surface area contributed by atoms with Crippen LogP contribution in [-0.2, 0) is 9.53 Å². The number of benzene rings is 1. The van der Waals surface area contributed by atoms with Crippen LogP contribution in [0.15, 0.2) is 24.3 Å². The van der Waals surface area contributed by atoms with Gasteiger partial charge in [0.25, 0.3) is 0 Å². The molecule has 3 rings (SSSR count). The number of aliphatic carboxylic acids is 1. The second-order valence-corrected chi connectivity index (χ2v) is 6.17. The Labute approximate surface area is 146 Å². The van der Waals surface area contributed by atoms with Gasteiger partial charge < -0.3 is 19.7 Å². The molecule has 1 aromatic carbocycles. The van der Waals surface area contributed by atoms with Crippen LogP contribution in [0.3, 0.4) is 0 Å². The van der Waals surface area contributed by atoms with E-state index in [1.54, 1.807) is 11.8 Å². The van der Waals surface area contributed by atoms with E-state index >= 15 is 0 Å². The van der Waals surface area contributed by atoms with Crippen LogP contribution in [0.25, 0.3) is 10.9 Å². The van der Waals surface area contributed by atoms with Crippen molar-refractivity contribution >= 4 is 23.0 Å². The van der Waals surface area contributed by atoms with Gasteiger partial charge in [-0.3, -0.25) is 9.69 Å². The van der Waals surface area contributed by atoms with Crippen molar-refractivity contribution in [2.24, 2.45) is 0 Å². The summed E-state index contributed by atoms with van der Waals surface area (Å²) in [6, 6.07) is 7.00. The van der Waals surface area contributed by atoms with Crippen LogP contribution in [0.4, 0.5) is 4.79 Å². The van der Waals surface area contributed by atoms with E-state index in [0.29, 0.717) is 32.8 Å². The van der Waals surface area contributed by atoms with Crippen molar-refractivity contribution in [3.63, 3.8) is 0 Å². The Balaban J connectivity index is 1.84. The average Bonchev–Trinajstić information content (AvgIpc) is 2.92. The van der Waals surface area contributed by atoms with Gasteiger partial charge in [0.1, 0.15) is 6.04 Å². The Hall–Kier alpha value is -2.54. The van der Waals surface area contributed by atoms with Gasteiger partial charge in [-0.25, -0.2) is 4.79 Å². The maximum atomic E-state index is 12.1. The molecule has 1 aliphatic rings.